The number of carbonyl (C=O) groups excluding carboxylic acids is 1. The minimum absolute atomic E-state index is 0.149. The van der Waals surface area contributed by atoms with Crippen LogP contribution in [-0.4, -0.2) is 31.1 Å². The lowest BCUT2D eigenvalue weighted by Crippen LogP contribution is -2.36. The zero-order valence-corrected chi connectivity index (χ0v) is 13.1. The van der Waals surface area contributed by atoms with Crippen LogP contribution in [0.2, 0.25) is 0 Å². The number of ether oxygens (including phenoxy) is 1. The fourth-order valence-corrected chi connectivity index (χ4v) is 3.31. The maximum Gasteiger partial charge on any atom is 0.220 e. The van der Waals surface area contributed by atoms with E-state index in [0.717, 1.165) is 31.7 Å². The molecule has 0 spiro atoms. The molecule has 0 radical (unpaired) electrons. The average molecular weight is 302 g/mol. The average Bonchev–Trinajstić information content (AvgIpc) is 3.19. The predicted molar refractivity (Wildman–Crippen MR) is 87.1 cm³/mol. The maximum atomic E-state index is 12.0. The molecule has 1 aromatic carbocycles. The number of carbonyl (C=O) groups is 1. The molecule has 4 heteroatoms. The van der Waals surface area contributed by atoms with Crippen LogP contribution in [-0.2, 0) is 11.2 Å². The van der Waals surface area contributed by atoms with Crippen molar-refractivity contribution in [1.82, 2.24) is 10.6 Å². The number of nitrogens with one attached hydrogen (secondary N) is 2. The third-order valence-corrected chi connectivity index (χ3v) is 4.57. The number of hydrogen-bond acceptors (Lipinski definition) is 3. The van der Waals surface area contributed by atoms with E-state index in [1.165, 1.54) is 31.2 Å². The highest BCUT2D eigenvalue weighted by molar-refractivity contribution is 5.76. The fourth-order valence-electron chi connectivity index (χ4n) is 3.31. The molecular weight excluding hydrogens is 276 g/mol. The summed E-state index contributed by atoms with van der Waals surface area (Å²) in [6.07, 6.45) is 7.63. The molecule has 4 nitrogen and oxygen atoms in total. The van der Waals surface area contributed by atoms with Crippen LogP contribution in [0.1, 0.15) is 44.1 Å². The summed E-state index contributed by atoms with van der Waals surface area (Å²) in [5.41, 5.74) is 1.18. The lowest BCUT2D eigenvalue weighted by molar-refractivity contribution is -0.121. The smallest absolute Gasteiger partial charge is 0.220 e. The monoisotopic (exact) mass is 302 g/mol. The molecule has 1 aliphatic carbocycles. The summed E-state index contributed by atoms with van der Waals surface area (Å²) >= 11 is 0. The largest absolute Gasteiger partial charge is 0.490 e. The van der Waals surface area contributed by atoms with Gasteiger partial charge in [-0.3, -0.25) is 4.79 Å². The number of hydrogen-bond donors (Lipinski definition) is 2. The topological polar surface area (TPSA) is 50.4 Å². The van der Waals surface area contributed by atoms with E-state index >= 15 is 0 Å². The summed E-state index contributed by atoms with van der Waals surface area (Å²) in [5.74, 6) is 1.10. The van der Waals surface area contributed by atoms with Crippen LogP contribution in [0.3, 0.4) is 0 Å². The van der Waals surface area contributed by atoms with Crippen LogP contribution in [0, 0.1) is 0 Å². The Kier molecular flexibility index (Phi) is 5.33. The minimum Gasteiger partial charge on any atom is -0.490 e. The highest BCUT2D eigenvalue weighted by Crippen LogP contribution is 2.24. The van der Waals surface area contributed by atoms with Gasteiger partial charge in [-0.1, -0.05) is 12.1 Å². The van der Waals surface area contributed by atoms with Crippen LogP contribution in [0.4, 0.5) is 0 Å². The van der Waals surface area contributed by atoms with Crippen molar-refractivity contribution in [2.75, 3.05) is 13.1 Å². The summed E-state index contributed by atoms with van der Waals surface area (Å²) in [7, 11) is 0. The molecular formula is C18H26N2O2. The fraction of sp³-hybridized carbons (Fsp3) is 0.611. The van der Waals surface area contributed by atoms with Gasteiger partial charge in [0.2, 0.25) is 5.91 Å². The first-order chi connectivity index (χ1) is 10.8. The van der Waals surface area contributed by atoms with Crippen molar-refractivity contribution in [3.63, 3.8) is 0 Å². The second kappa shape index (κ2) is 7.63. The van der Waals surface area contributed by atoms with Gasteiger partial charge in [0.05, 0.1) is 6.10 Å². The molecule has 2 aliphatic rings. The van der Waals surface area contributed by atoms with E-state index in [0.29, 0.717) is 18.6 Å². The third-order valence-electron chi connectivity index (χ3n) is 4.57. The summed E-state index contributed by atoms with van der Waals surface area (Å²) in [6.45, 7) is 1.90. The Morgan fingerprint density at radius 3 is 2.91 bits per heavy atom. The molecule has 1 saturated carbocycles. The van der Waals surface area contributed by atoms with Crippen molar-refractivity contribution < 1.29 is 9.53 Å². The van der Waals surface area contributed by atoms with E-state index in [2.05, 4.69) is 22.8 Å². The van der Waals surface area contributed by atoms with Gasteiger partial charge >= 0.3 is 0 Å². The zero-order chi connectivity index (χ0) is 15.2. The highest BCUT2D eigenvalue weighted by atomic mass is 16.5. The van der Waals surface area contributed by atoms with Gasteiger partial charge in [0.15, 0.2) is 0 Å². The van der Waals surface area contributed by atoms with Crippen LogP contribution in [0.25, 0.3) is 0 Å². The van der Waals surface area contributed by atoms with E-state index < -0.39 is 0 Å². The predicted octanol–water partition coefficient (Wildman–Crippen LogP) is 2.42. The maximum absolute atomic E-state index is 12.0. The normalized spacial score (nSPS) is 21.9. The molecule has 1 saturated heterocycles. The molecule has 0 bridgehead atoms. The highest BCUT2D eigenvalue weighted by Gasteiger charge is 2.17. The van der Waals surface area contributed by atoms with Crippen LogP contribution >= 0.6 is 0 Å². The second-order valence-corrected chi connectivity index (χ2v) is 6.43. The Bertz CT molecular complexity index is 492. The lowest BCUT2D eigenvalue weighted by atomic mass is 10.1. The Labute approximate surface area is 132 Å². The lowest BCUT2D eigenvalue weighted by Gasteiger charge is -2.14. The molecule has 0 aromatic heterocycles. The Hall–Kier alpha value is -1.55. The van der Waals surface area contributed by atoms with Gasteiger partial charge in [-0.2, -0.15) is 0 Å². The van der Waals surface area contributed by atoms with Gasteiger partial charge in [0, 0.05) is 19.0 Å². The van der Waals surface area contributed by atoms with Crippen molar-refractivity contribution in [2.45, 2.75) is 57.1 Å². The molecule has 1 aliphatic heterocycles. The van der Waals surface area contributed by atoms with Gasteiger partial charge < -0.3 is 15.4 Å². The summed E-state index contributed by atoms with van der Waals surface area (Å²) < 4.78 is 6.02. The number of rotatable bonds is 6. The molecule has 120 valence electrons. The van der Waals surface area contributed by atoms with Crippen molar-refractivity contribution >= 4 is 5.91 Å². The van der Waals surface area contributed by atoms with Crippen molar-refractivity contribution in [1.29, 1.82) is 0 Å². The molecule has 1 aromatic rings. The van der Waals surface area contributed by atoms with Crippen LogP contribution in [0.15, 0.2) is 24.3 Å². The molecule has 2 N–H and O–H groups in total. The van der Waals surface area contributed by atoms with E-state index in [1.807, 2.05) is 12.1 Å². The molecule has 3 rings (SSSR count). The van der Waals surface area contributed by atoms with Gasteiger partial charge in [-0.15, -0.1) is 0 Å². The van der Waals surface area contributed by atoms with E-state index in [1.54, 1.807) is 0 Å². The van der Waals surface area contributed by atoms with Crippen LogP contribution < -0.4 is 15.4 Å². The Balaban J connectivity index is 1.46. The molecule has 1 atom stereocenters. The minimum atomic E-state index is 0.149. The Morgan fingerprint density at radius 1 is 1.27 bits per heavy atom. The van der Waals surface area contributed by atoms with E-state index in [4.69, 9.17) is 4.74 Å². The standard InChI is InChI=1S/C18H26N2O2/c21-18(20-15-10-11-19-13-15)9-8-14-4-3-7-17(12-14)22-16-5-1-2-6-16/h3-4,7,12,15-16,19H,1-2,5-6,8-11,13H2,(H,20,21). The third kappa shape index (κ3) is 4.47. The van der Waals surface area contributed by atoms with Gasteiger partial charge in [0.1, 0.15) is 5.75 Å². The van der Waals surface area contributed by atoms with Gasteiger partial charge in [-0.05, 0) is 62.8 Å². The first-order valence-corrected chi connectivity index (χ1v) is 8.55. The number of amides is 1. The number of benzene rings is 1. The molecule has 22 heavy (non-hydrogen) atoms. The second-order valence-electron chi connectivity index (χ2n) is 6.43. The van der Waals surface area contributed by atoms with Crippen molar-refractivity contribution in [3.8, 4) is 5.75 Å². The SMILES string of the molecule is O=C(CCc1cccc(OC2CCCC2)c1)NC1CCNC1. The van der Waals surface area contributed by atoms with Crippen molar-refractivity contribution in [2.24, 2.45) is 0 Å². The molecule has 2 fully saturated rings. The van der Waals surface area contributed by atoms with Gasteiger partial charge in [-0.25, -0.2) is 0 Å². The first kappa shape index (κ1) is 15.3. The summed E-state index contributed by atoms with van der Waals surface area (Å²) in [6, 6.07) is 8.52. The van der Waals surface area contributed by atoms with Crippen molar-refractivity contribution in [3.05, 3.63) is 29.8 Å². The Morgan fingerprint density at radius 2 is 2.14 bits per heavy atom. The summed E-state index contributed by atoms with van der Waals surface area (Å²) in [5, 5.41) is 6.35. The molecule has 1 heterocycles. The molecule has 1 amide bonds. The molecule has 1 unspecified atom stereocenters. The first-order valence-electron chi connectivity index (χ1n) is 8.55. The quantitative estimate of drug-likeness (QED) is 0.848. The zero-order valence-electron chi connectivity index (χ0n) is 13.1. The van der Waals surface area contributed by atoms with E-state index in [-0.39, 0.29) is 5.91 Å². The van der Waals surface area contributed by atoms with Crippen LogP contribution in [0.5, 0.6) is 5.75 Å². The van der Waals surface area contributed by atoms with E-state index in [9.17, 15) is 4.79 Å². The summed E-state index contributed by atoms with van der Waals surface area (Å²) in [4.78, 5) is 12.0. The van der Waals surface area contributed by atoms with Gasteiger partial charge in [0.25, 0.3) is 0 Å². The number of aryl methyl sites for hydroxylation is 1.